The largest absolute Gasteiger partial charge is 0.287 e. The molecule has 2 heterocycles. The van der Waals surface area contributed by atoms with Gasteiger partial charge in [-0.05, 0) is 12.1 Å². The van der Waals surface area contributed by atoms with Crippen molar-refractivity contribution in [3.8, 4) is 0 Å². The zero-order chi connectivity index (χ0) is 14.5. The van der Waals surface area contributed by atoms with E-state index in [0.29, 0.717) is 15.7 Å². The van der Waals surface area contributed by atoms with Crippen LogP contribution < -0.4 is 10.0 Å². The van der Waals surface area contributed by atoms with E-state index in [2.05, 4.69) is 4.98 Å². The number of benzene rings is 1. The number of thiazole rings is 1. The third-order valence-electron chi connectivity index (χ3n) is 3.14. The smallest absolute Gasteiger partial charge is 0.230 e. The fraction of sp³-hybridized carbons (Fsp3) is 0.273. The summed E-state index contributed by atoms with van der Waals surface area (Å²) < 4.78 is 23.5. The van der Waals surface area contributed by atoms with Gasteiger partial charge in [-0.2, -0.15) is 0 Å². The number of carbonyl (C=O) groups is 1. The second-order valence-electron chi connectivity index (χ2n) is 4.50. The Kier molecular flexibility index (Phi) is 3.20. The Hall–Kier alpha value is -1.22. The molecule has 2 aromatic rings. The zero-order valence-electron chi connectivity index (χ0n) is 10.1. The Bertz CT molecular complexity index is 802. The van der Waals surface area contributed by atoms with Gasteiger partial charge in [0.15, 0.2) is 5.13 Å². The van der Waals surface area contributed by atoms with E-state index in [1.807, 2.05) is 6.07 Å². The third kappa shape index (κ3) is 2.28. The fourth-order valence-corrected chi connectivity index (χ4v) is 4.12. The zero-order valence-corrected chi connectivity index (χ0v) is 12.5. The summed E-state index contributed by atoms with van der Waals surface area (Å²) in [6.45, 7) is 0.0368. The molecule has 1 fully saturated rings. The van der Waals surface area contributed by atoms with Crippen LogP contribution in [0.15, 0.2) is 18.2 Å². The lowest BCUT2D eigenvalue weighted by molar-refractivity contribution is -0.117. The first kappa shape index (κ1) is 13.7. The van der Waals surface area contributed by atoms with Crippen LogP contribution in [0.2, 0.25) is 5.02 Å². The normalized spacial score (nSPS) is 20.0. The number of primary sulfonamides is 1. The van der Waals surface area contributed by atoms with Crippen LogP contribution in [0.5, 0.6) is 0 Å². The molecule has 0 radical (unpaired) electrons. The lowest BCUT2D eigenvalue weighted by Crippen LogP contribution is -2.32. The van der Waals surface area contributed by atoms with Crippen LogP contribution in [0.1, 0.15) is 6.42 Å². The van der Waals surface area contributed by atoms with Gasteiger partial charge in [-0.1, -0.05) is 29.0 Å². The molecule has 0 aliphatic carbocycles. The second kappa shape index (κ2) is 4.66. The average Bonchev–Trinajstić information content (AvgIpc) is 2.92. The topological polar surface area (TPSA) is 93.4 Å². The van der Waals surface area contributed by atoms with Crippen molar-refractivity contribution in [2.24, 2.45) is 5.14 Å². The highest BCUT2D eigenvalue weighted by molar-refractivity contribution is 7.89. The first-order valence-electron chi connectivity index (χ1n) is 5.73. The second-order valence-corrected chi connectivity index (χ2v) is 7.76. The molecule has 1 atom stereocenters. The Morgan fingerprint density at radius 3 is 2.80 bits per heavy atom. The minimum Gasteiger partial charge on any atom is -0.287 e. The summed E-state index contributed by atoms with van der Waals surface area (Å²) in [7, 11) is -3.73. The Morgan fingerprint density at radius 1 is 1.45 bits per heavy atom. The Morgan fingerprint density at radius 2 is 2.20 bits per heavy atom. The van der Waals surface area contributed by atoms with Crippen LogP contribution in [0, 0.1) is 0 Å². The molecule has 6 nitrogen and oxygen atoms in total. The molecule has 9 heteroatoms. The number of nitrogens with two attached hydrogens (primary N) is 1. The number of sulfonamides is 1. The average molecular weight is 332 g/mol. The van der Waals surface area contributed by atoms with E-state index >= 15 is 0 Å². The number of amides is 1. The van der Waals surface area contributed by atoms with Gasteiger partial charge in [0.1, 0.15) is 10.8 Å². The number of carbonyl (C=O) groups excluding carboxylic acids is 1. The van der Waals surface area contributed by atoms with Crippen LogP contribution in [-0.2, 0) is 14.8 Å². The predicted molar refractivity (Wildman–Crippen MR) is 78.5 cm³/mol. The van der Waals surface area contributed by atoms with Crippen molar-refractivity contribution < 1.29 is 13.2 Å². The van der Waals surface area contributed by atoms with Gasteiger partial charge >= 0.3 is 0 Å². The summed E-state index contributed by atoms with van der Waals surface area (Å²) in [4.78, 5) is 17.6. The van der Waals surface area contributed by atoms with E-state index in [4.69, 9.17) is 16.7 Å². The molecule has 0 bridgehead atoms. The molecule has 1 amide bonds. The van der Waals surface area contributed by atoms with Crippen LogP contribution in [0.3, 0.4) is 0 Å². The lowest BCUT2D eigenvalue weighted by atomic mass is 10.3. The molecule has 106 valence electrons. The molecular weight excluding hydrogens is 322 g/mol. The predicted octanol–water partition coefficient (Wildman–Crippen LogP) is 1.34. The highest BCUT2D eigenvalue weighted by Crippen LogP contribution is 2.35. The SMILES string of the molecule is NS(=O)(=O)C1CC(=O)N(c2nc3c(Cl)cccc3s2)C1. The molecule has 1 unspecified atom stereocenters. The number of halogens is 1. The number of nitrogens with zero attached hydrogens (tertiary/aromatic N) is 2. The highest BCUT2D eigenvalue weighted by Gasteiger charge is 2.38. The third-order valence-corrected chi connectivity index (χ3v) is 5.74. The summed E-state index contributed by atoms with van der Waals surface area (Å²) >= 11 is 7.34. The van der Waals surface area contributed by atoms with E-state index < -0.39 is 15.3 Å². The van der Waals surface area contributed by atoms with Gasteiger partial charge in [0.05, 0.1) is 9.72 Å². The van der Waals surface area contributed by atoms with Crippen molar-refractivity contribution in [1.29, 1.82) is 0 Å². The summed E-state index contributed by atoms with van der Waals surface area (Å²) in [5, 5.41) is 5.17. The number of hydrogen-bond acceptors (Lipinski definition) is 5. The number of fused-ring (bicyclic) bond motifs is 1. The first-order valence-corrected chi connectivity index (χ1v) is 8.53. The van der Waals surface area contributed by atoms with Gasteiger partial charge < -0.3 is 0 Å². The quantitative estimate of drug-likeness (QED) is 0.898. The van der Waals surface area contributed by atoms with E-state index in [0.717, 1.165) is 4.70 Å². The maximum atomic E-state index is 11.9. The van der Waals surface area contributed by atoms with Gasteiger partial charge in [-0.3, -0.25) is 9.69 Å². The minimum atomic E-state index is -3.73. The lowest BCUT2D eigenvalue weighted by Gasteiger charge is -2.11. The molecule has 1 aromatic heterocycles. The van der Waals surface area contributed by atoms with E-state index in [-0.39, 0.29) is 18.9 Å². The maximum Gasteiger partial charge on any atom is 0.230 e. The number of aromatic nitrogens is 1. The molecule has 1 aliphatic rings. The number of anilines is 1. The molecule has 3 rings (SSSR count). The van der Waals surface area contributed by atoms with E-state index in [1.165, 1.54) is 16.2 Å². The van der Waals surface area contributed by atoms with Gasteiger partial charge in [0, 0.05) is 13.0 Å². The van der Waals surface area contributed by atoms with Crippen LogP contribution in [-0.4, -0.2) is 31.1 Å². The minimum absolute atomic E-state index is 0.0368. The fourth-order valence-electron chi connectivity index (χ4n) is 2.10. The van der Waals surface area contributed by atoms with Gasteiger partial charge in [0.25, 0.3) is 0 Å². The Labute approximate surface area is 124 Å². The number of hydrogen-bond donors (Lipinski definition) is 1. The highest BCUT2D eigenvalue weighted by atomic mass is 35.5. The summed E-state index contributed by atoms with van der Waals surface area (Å²) in [5.74, 6) is -0.292. The summed E-state index contributed by atoms with van der Waals surface area (Å²) in [5.41, 5.74) is 0.612. The van der Waals surface area contributed by atoms with Crippen LogP contribution >= 0.6 is 22.9 Å². The molecule has 1 aromatic carbocycles. The van der Waals surface area contributed by atoms with Crippen molar-refractivity contribution in [2.45, 2.75) is 11.7 Å². The van der Waals surface area contributed by atoms with Crippen molar-refractivity contribution in [3.63, 3.8) is 0 Å². The van der Waals surface area contributed by atoms with Gasteiger partial charge in [0.2, 0.25) is 15.9 Å². The summed E-state index contributed by atoms with van der Waals surface area (Å²) in [6, 6.07) is 5.36. The molecule has 0 saturated carbocycles. The summed E-state index contributed by atoms with van der Waals surface area (Å²) in [6.07, 6.45) is -0.109. The Balaban J connectivity index is 2.00. The first-order chi connectivity index (χ1) is 9.36. The molecule has 1 aliphatic heterocycles. The number of para-hydroxylation sites is 1. The molecule has 2 N–H and O–H groups in total. The maximum absolute atomic E-state index is 11.9. The monoisotopic (exact) mass is 331 g/mol. The molecule has 0 spiro atoms. The van der Waals surface area contributed by atoms with Gasteiger partial charge in [-0.15, -0.1) is 0 Å². The van der Waals surface area contributed by atoms with Crippen LogP contribution in [0.4, 0.5) is 5.13 Å². The van der Waals surface area contributed by atoms with E-state index in [1.54, 1.807) is 12.1 Å². The number of rotatable bonds is 2. The van der Waals surface area contributed by atoms with Gasteiger partial charge in [-0.25, -0.2) is 18.5 Å². The molecule has 1 saturated heterocycles. The van der Waals surface area contributed by atoms with Crippen molar-refractivity contribution >= 4 is 54.2 Å². The van der Waals surface area contributed by atoms with Crippen molar-refractivity contribution in [2.75, 3.05) is 11.4 Å². The van der Waals surface area contributed by atoms with Crippen LogP contribution in [0.25, 0.3) is 10.2 Å². The van der Waals surface area contributed by atoms with Crippen molar-refractivity contribution in [1.82, 2.24) is 4.98 Å². The standard InChI is InChI=1S/C11H10ClN3O3S2/c12-7-2-1-3-8-10(7)14-11(19-8)15-5-6(4-9(15)16)20(13,17)18/h1-3,6H,4-5H2,(H2,13,17,18). The molecule has 20 heavy (non-hydrogen) atoms. The van der Waals surface area contributed by atoms with Crippen molar-refractivity contribution in [3.05, 3.63) is 23.2 Å². The molecular formula is C11H10ClN3O3S2. The van der Waals surface area contributed by atoms with E-state index in [9.17, 15) is 13.2 Å².